The van der Waals surface area contributed by atoms with Crippen molar-refractivity contribution in [3.8, 4) is 0 Å². The Bertz CT molecular complexity index is 952. The quantitative estimate of drug-likeness (QED) is 0.238. The molecule has 0 aliphatic rings. The smallest absolute Gasteiger partial charge is 0.341 e. The SMILES string of the molecule is CCOC(=O)c1c(N[C@@H](NC(=O)c2ccc(C)cc2)C(Cl)(Cl)Cl)sc(C(C)=O)c1C. The van der Waals surface area contributed by atoms with Crippen molar-refractivity contribution in [3.63, 3.8) is 0 Å². The molecule has 0 radical (unpaired) electrons. The van der Waals surface area contributed by atoms with Crippen molar-refractivity contribution in [2.24, 2.45) is 0 Å². The highest BCUT2D eigenvalue weighted by Gasteiger charge is 2.36. The zero-order valence-corrected chi connectivity index (χ0v) is 19.9. The summed E-state index contributed by atoms with van der Waals surface area (Å²) in [7, 11) is 0. The standard InChI is InChI=1S/C20H21Cl3N2O4S/c1-5-29-18(28)14-11(3)15(12(4)26)30-17(14)25-19(20(21,22)23)24-16(27)13-8-6-10(2)7-9-13/h6-9,19,25H,5H2,1-4H3,(H,24,27)/t19-/m1/s1. The molecule has 162 valence electrons. The molecule has 1 atom stereocenters. The molecule has 10 heteroatoms. The van der Waals surface area contributed by atoms with Gasteiger partial charge in [0.05, 0.1) is 17.0 Å². The first-order chi connectivity index (χ1) is 14.0. The zero-order chi connectivity index (χ0) is 22.6. The Hall–Kier alpha value is -1.80. The minimum Gasteiger partial charge on any atom is -0.462 e. The predicted molar refractivity (Wildman–Crippen MR) is 121 cm³/mol. The Labute approximate surface area is 193 Å². The molecule has 30 heavy (non-hydrogen) atoms. The van der Waals surface area contributed by atoms with E-state index in [1.807, 2.05) is 6.92 Å². The van der Waals surface area contributed by atoms with E-state index in [2.05, 4.69) is 10.6 Å². The number of halogens is 3. The fourth-order valence-corrected chi connectivity index (χ4v) is 4.10. The molecule has 0 aliphatic heterocycles. The number of rotatable bonds is 7. The topological polar surface area (TPSA) is 84.5 Å². The highest BCUT2D eigenvalue weighted by molar-refractivity contribution is 7.18. The van der Waals surface area contributed by atoms with Gasteiger partial charge in [0.15, 0.2) is 5.78 Å². The van der Waals surface area contributed by atoms with E-state index in [9.17, 15) is 14.4 Å². The maximum Gasteiger partial charge on any atom is 0.341 e. The second-order valence-corrected chi connectivity index (χ2v) is 9.88. The fraction of sp³-hybridized carbons (Fsp3) is 0.350. The lowest BCUT2D eigenvalue weighted by atomic mass is 10.1. The van der Waals surface area contributed by atoms with Crippen LogP contribution in [0, 0.1) is 13.8 Å². The summed E-state index contributed by atoms with van der Waals surface area (Å²) in [6, 6.07) is 6.86. The molecule has 0 bridgehead atoms. The number of benzene rings is 1. The van der Waals surface area contributed by atoms with Crippen LogP contribution in [0.15, 0.2) is 24.3 Å². The van der Waals surface area contributed by atoms with Crippen LogP contribution < -0.4 is 10.6 Å². The molecule has 1 heterocycles. The first-order valence-electron chi connectivity index (χ1n) is 8.97. The van der Waals surface area contributed by atoms with E-state index in [1.54, 1.807) is 38.1 Å². The number of thiophene rings is 1. The Morgan fingerprint density at radius 1 is 1.13 bits per heavy atom. The van der Waals surface area contributed by atoms with E-state index in [-0.39, 0.29) is 23.0 Å². The second kappa shape index (κ2) is 10.0. The summed E-state index contributed by atoms with van der Waals surface area (Å²) in [6.07, 6.45) is -1.19. The third kappa shape index (κ3) is 5.88. The summed E-state index contributed by atoms with van der Waals surface area (Å²) in [6.45, 7) is 6.75. The minimum atomic E-state index is -1.96. The molecule has 1 amide bonds. The fourth-order valence-electron chi connectivity index (χ4n) is 2.65. The Balaban J connectivity index is 2.40. The summed E-state index contributed by atoms with van der Waals surface area (Å²) >= 11 is 19.3. The van der Waals surface area contributed by atoms with E-state index in [0.717, 1.165) is 16.9 Å². The highest BCUT2D eigenvalue weighted by atomic mass is 35.6. The van der Waals surface area contributed by atoms with Crippen molar-refractivity contribution in [3.05, 3.63) is 51.4 Å². The van der Waals surface area contributed by atoms with Crippen LogP contribution in [-0.4, -0.2) is 34.2 Å². The molecule has 0 fully saturated rings. The summed E-state index contributed by atoms with van der Waals surface area (Å²) < 4.78 is 3.14. The number of ether oxygens (including phenoxy) is 1. The number of esters is 1. The highest BCUT2D eigenvalue weighted by Crippen LogP contribution is 2.38. The molecule has 2 aromatic rings. The normalized spacial score (nSPS) is 12.2. The number of hydrogen-bond acceptors (Lipinski definition) is 6. The van der Waals surface area contributed by atoms with E-state index in [4.69, 9.17) is 39.5 Å². The monoisotopic (exact) mass is 490 g/mol. The molecule has 0 saturated heterocycles. The Kier molecular flexibility index (Phi) is 8.16. The van der Waals surface area contributed by atoms with Gasteiger partial charge in [-0.3, -0.25) is 9.59 Å². The first kappa shape index (κ1) is 24.5. The molecule has 6 nitrogen and oxygen atoms in total. The maximum absolute atomic E-state index is 12.6. The number of aryl methyl sites for hydroxylation is 1. The van der Waals surface area contributed by atoms with Gasteiger partial charge in [-0.25, -0.2) is 4.79 Å². The van der Waals surface area contributed by atoms with Crippen molar-refractivity contribution in [1.29, 1.82) is 0 Å². The van der Waals surface area contributed by atoms with Crippen molar-refractivity contribution >= 4 is 68.8 Å². The van der Waals surface area contributed by atoms with E-state index in [1.165, 1.54) is 6.92 Å². The minimum absolute atomic E-state index is 0.154. The second-order valence-electron chi connectivity index (χ2n) is 6.50. The van der Waals surface area contributed by atoms with Crippen LogP contribution in [0.3, 0.4) is 0 Å². The summed E-state index contributed by atoms with van der Waals surface area (Å²) in [5.41, 5.74) is 1.99. The number of hydrogen-bond donors (Lipinski definition) is 2. The number of carbonyl (C=O) groups is 3. The number of anilines is 1. The Morgan fingerprint density at radius 3 is 2.23 bits per heavy atom. The molecular formula is C20H21Cl3N2O4S. The molecule has 0 unspecified atom stereocenters. The van der Waals surface area contributed by atoms with Crippen LogP contribution in [-0.2, 0) is 4.74 Å². The molecule has 1 aromatic carbocycles. The van der Waals surface area contributed by atoms with Gasteiger partial charge in [-0.05, 0) is 45.4 Å². The summed E-state index contributed by atoms with van der Waals surface area (Å²) in [5, 5.41) is 5.77. The Morgan fingerprint density at radius 2 is 1.73 bits per heavy atom. The van der Waals surface area contributed by atoms with Gasteiger partial charge in [0, 0.05) is 5.56 Å². The summed E-state index contributed by atoms with van der Waals surface area (Å²) in [4.78, 5) is 37.4. The van der Waals surface area contributed by atoms with Crippen molar-refractivity contribution in [2.45, 2.75) is 37.7 Å². The van der Waals surface area contributed by atoms with Crippen molar-refractivity contribution in [2.75, 3.05) is 11.9 Å². The molecule has 0 spiro atoms. The van der Waals surface area contributed by atoms with E-state index >= 15 is 0 Å². The van der Waals surface area contributed by atoms with Crippen LogP contribution in [0.5, 0.6) is 0 Å². The van der Waals surface area contributed by atoms with Crippen LogP contribution in [0.2, 0.25) is 0 Å². The number of carbonyl (C=O) groups excluding carboxylic acids is 3. The van der Waals surface area contributed by atoms with Gasteiger partial charge in [0.2, 0.25) is 3.79 Å². The number of alkyl halides is 3. The lowest BCUT2D eigenvalue weighted by Gasteiger charge is -2.27. The van der Waals surface area contributed by atoms with Gasteiger partial charge in [-0.1, -0.05) is 52.5 Å². The van der Waals surface area contributed by atoms with Gasteiger partial charge in [0.1, 0.15) is 11.2 Å². The average molecular weight is 492 g/mol. The van der Waals surface area contributed by atoms with Crippen LogP contribution in [0.1, 0.15) is 55.4 Å². The molecule has 2 N–H and O–H groups in total. The third-order valence-corrected chi connectivity index (χ3v) is 6.12. The first-order valence-corrected chi connectivity index (χ1v) is 10.9. The largest absolute Gasteiger partial charge is 0.462 e. The number of ketones is 1. The third-order valence-electron chi connectivity index (χ3n) is 4.14. The van der Waals surface area contributed by atoms with Crippen LogP contribution in [0.4, 0.5) is 5.00 Å². The predicted octanol–water partition coefficient (Wildman–Crippen LogP) is 5.28. The lowest BCUT2D eigenvalue weighted by molar-refractivity contribution is 0.0527. The summed E-state index contributed by atoms with van der Waals surface area (Å²) in [5.74, 6) is -1.31. The van der Waals surface area contributed by atoms with Gasteiger partial charge in [0.25, 0.3) is 5.91 Å². The van der Waals surface area contributed by atoms with Crippen molar-refractivity contribution in [1.82, 2.24) is 5.32 Å². The van der Waals surface area contributed by atoms with Gasteiger partial charge in [-0.2, -0.15) is 0 Å². The lowest BCUT2D eigenvalue weighted by Crippen LogP contribution is -2.49. The average Bonchev–Trinajstić information content (AvgIpc) is 2.97. The van der Waals surface area contributed by atoms with Gasteiger partial charge < -0.3 is 15.4 Å². The molecule has 0 saturated carbocycles. The van der Waals surface area contributed by atoms with Crippen LogP contribution >= 0.6 is 46.1 Å². The maximum atomic E-state index is 12.6. The molecule has 2 rings (SSSR count). The molecule has 1 aromatic heterocycles. The molecule has 0 aliphatic carbocycles. The van der Waals surface area contributed by atoms with Crippen molar-refractivity contribution < 1.29 is 19.1 Å². The zero-order valence-electron chi connectivity index (χ0n) is 16.8. The van der Waals surface area contributed by atoms with Crippen LogP contribution in [0.25, 0.3) is 0 Å². The van der Waals surface area contributed by atoms with Gasteiger partial charge in [-0.15, -0.1) is 11.3 Å². The van der Waals surface area contributed by atoms with E-state index < -0.39 is 21.8 Å². The number of Topliss-reactive ketones (excluding diaryl/α,β-unsaturated/α-hetero) is 1. The molecular weight excluding hydrogens is 471 g/mol. The van der Waals surface area contributed by atoms with E-state index in [0.29, 0.717) is 16.0 Å². The number of nitrogens with one attached hydrogen (secondary N) is 2. The van der Waals surface area contributed by atoms with Gasteiger partial charge >= 0.3 is 5.97 Å². The number of amides is 1.